The van der Waals surface area contributed by atoms with Gasteiger partial charge in [-0.05, 0) is 37.8 Å². The largest absolute Gasteiger partial charge is 0.397 e. The molecule has 0 aromatic heterocycles. The third-order valence-electron chi connectivity index (χ3n) is 4.68. The number of hydrogen-bond donors (Lipinski definition) is 1. The zero-order chi connectivity index (χ0) is 13.3. The Morgan fingerprint density at radius 2 is 2.00 bits per heavy atom. The van der Waals surface area contributed by atoms with Crippen LogP contribution in [-0.2, 0) is 4.74 Å². The number of nitrogens with two attached hydrogens (primary N) is 1. The summed E-state index contributed by atoms with van der Waals surface area (Å²) in [6.45, 7) is 0.940. The SMILES string of the molecule is CN(CC1CCC2(CCCC2)O1)c1ccccc1N. The lowest BCUT2D eigenvalue weighted by molar-refractivity contribution is -0.0324. The van der Waals surface area contributed by atoms with E-state index in [0.717, 1.165) is 17.9 Å². The van der Waals surface area contributed by atoms with Crippen LogP contribution in [0.3, 0.4) is 0 Å². The first-order valence-corrected chi connectivity index (χ1v) is 7.42. The summed E-state index contributed by atoms with van der Waals surface area (Å²) in [6, 6.07) is 8.05. The van der Waals surface area contributed by atoms with E-state index in [0.29, 0.717) is 6.10 Å². The Morgan fingerprint density at radius 3 is 2.74 bits per heavy atom. The lowest BCUT2D eigenvalue weighted by atomic mass is 9.98. The van der Waals surface area contributed by atoms with Crippen LogP contribution in [-0.4, -0.2) is 25.3 Å². The lowest BCUT2D eigenvalue weighted by Crippen LogP contribution is -2.32. The van der Waals surface area contributed by atoms with Gasteiger partial charge in [-0.3, -0.25) is 0 Å². The molecule has 0 amide bonds. The molecule has 0 bridgehead atoms. The number of nitrogens with zero attached hydrogens (tertiary/aromatic N) is 1. The van der Waals surface area contributed by atoms with Gasteiger partial charge in [-0.1, -0.05) is 25.0 Å². The van der Waals surface area contributed by atoms with Crippen molar-refractivity contribution in [2.45, 2.75) is 50.2 Å². The van der Waals surface area contributed by atoms with Gasteiger partial charge < -0.3 is 15.4 Å². The van der Waals surface area contributed by atoms with E-state index in [9.17, 15) is 0 Å². The Labute approximate surface area is 115 Å². The van der Waals surface area contributed by atoms with Crippen LogP contribution in [0.4, 0.5) is 11.4 Å². The second kappa shape index (κ2) is 5.04. The highest BCUT2D eigenvalue weighted by molar-refractivity contribution is 5.66. The fourth-order valence-corrected chi connectivity index (χ4v) is 3.65. The number of ether oxygens (including phenoxy) is 1. The van der Waals surface area contributed by atoms with Crippen molar-refractivity contribution in [2.24, 2.45) is 0 Å². The molecule has 1 unspecified atom stereocenters. The predicted octanol–water partition coefficient (Wildman–Crippen LogP) is 3.20. The van der Waals surface area contributed by atoms with Crippen molar-refractivity contribution >= 4 is 11.4 Å². The van der Waals surface area contributed by atoms with Gasteiger partial charge in [-0.15, -0.1) is 0 Å². The standard InChI is InChI=1S/C16H24N2O/c1-18(15-7-3-2-6-14(15)17)12-13-8-11-16(19-13)9-4-5-10-16/h2-3,6-7,13H,4-5,8-12,17H2,1H3. The van der Waals surface area contributed by atoms with Gasteiger partial charge in [0.15, 0.2) is 0 Å². The predicted molar refractivity (Wildman–Crippen MR) is 79.4 cm³/mol. The molecule has 3 nitrogen and oxygen atoms in total. The van der Waals surface area contributed by atoms with Crippen molar-refractivity contribution in [1.82, 2.24) is 0 Å². The third-order valence-corrected chi connectivity index (χ3v) is 4.68. The molecule has 0 radical (unpaired) electrons. The van der Waals surface area contributed by atoms with Crippen LogP contribution in [0.2, 0.25) is 0 Å². The molecule has 104 valence electrons. The Balaban J connectivity index is 1.62. The van der Waals surface area contributed by atoms with Gasteiger partial charge >= 0.3 is 0 Å². The molecule has 1 heterocycles. The summed E-state index contributed by atoms with van der Waals surface area (Å²) in [5.41, 5.74) is 8.21. The van der Waals surface area contributed by atoms with Crippen LogP contribution in [0.25, 0.3) is 0 Å². The fourth-order valence-electron chi connectivity index (χ4n) is 3.65. The topological polar surface area (TPSA) is 38.5 Å². The number of likely N-dealkylation sites (N-methyl/N-ethyl adjacent to an activating group) is 1. The second-order valence-corrected chi connectivity index (χ2v) is 6.11. The third kappa shape index (κ3) is 2.57. The van der Waals surface area contributed by atoms with Crippen LogP contribution in [0.5, 0.6) is 0 Å². The molecule has 1 saturated heterocycles. The zero-order valence-electron chi connectivity index (χ0n) is 11.8. The fraction of sp³-hybridized carbons (Fsp3) is 0.625. The maximum absolute atomic E-state index is 6.36. The second-order valence-electron chi connectivity index (χ2n) is 6.11. The summed E-state index contributed by atoms with van der Waals surface area (Å²) in [4.78, 5) is 2.23. The monoisotopic (exact) mass is 260 g/mol. The molecule has 2 fully saturated rings. The van der Waals surface area contributed by atoms with Crippen LogP contribution in [0.15, 0.2) is 24.3 Å². The number of rotatable bonds is 3. The molecular weight excluding hydrogens is 236 g/mol. The minimum Gasteiger partial charge on any atom is -0.397 e. The van der Waals surface area contributed by atoms with Gasteiger partial charge in [0, 0.05) is 13.6 Å². The molecule has 1 aromatic rings. The number of hydrogen-bond acceptors (Lipinski definition) is 3. The Hall–Kier alpha value is -1.22. The highest BCUT2D eigenvalue weighted by Gasteiger charge is 2.42. The number of benzene rings is 1. The smallest absolute Gasteiger partial charge is 0.0758 e. The summed E-state index contributed by atoms with van der Waals surface area (Å²) in [6.07, 6.45) is 8.01. The first-order chi connectivity index (χ1) is 9.19. The van der Waals surface area contributed by atoms with Gasteiger partial charge in [-0.2, -0.15) is 0 Å². The number of para-hydroxylation sites is 2. The number of anilines is 2. The molecule has 1 aromatic carbocycles. The average molecular weight is 260 g/mol. The molecule has 3 rings (SSSR count). The normalized spacial score (nSPS) is 25.0. The summed E-state index contributed by atoms with van der Waals surface area (Å²) in [5, 5.41) is 0. The minimum atomic E-state index is 0.230. The van der Waals surface area contributed by atoms with E-state index < -0.39 is 0 Å². The van der Waals surface area contributed by atoms with Crippen molar-refractivity contribution in [1.29, 1.82) is 0 Å². The Morgan fingerprint density at radius 1 is 1.26 bits per heavy atom. The Kier molecular flexibility index (Phi) is 3.40. The summed E-state index contributed by atoms with van der Waals surface area (Å²) in [7, 11) is 2.11. The van der Waals surface area contributed by atoms with Crippen LogP contribution in [0, 0.1) is 0 Å². The molecule has 19 heavy (non-hydrogen) atoms. The first-order valence-electron chi connectivity index (χ1n) is 7.42. The summed E-state index contributed by atoms with van der Waals surface area (Å²) < 4.78 is 6.36. The maximum Gasteiger partial charge on any atom is 0.0758 e. The molecule has 1 atom stereocenters. The van der Waals surface area contributed by atoms with Crippen molar-refractivity contribution < 1.29 is 4.74 Å². The van der Waals surface area contributed by atoms with E-state index in [-0.39, 0.29) is 5.60 Å². The van der Waals surface area contributed by atoms with Gasteiger partial charge in [0.05, 0.1) is 23.1 Å². The van der Waals surface area contributed by atoms with Crippen LogP contribution < -0.4 is 10.6 Å². The molecule has 1 aliphatic heterocycles. The van der Waals surface area contributed by atoms with Gasteiger partial charge in [0.25, 0.3) is 0 Å². The van der Waals surface area contributed by atoms with Gasteiger partial charge in [-0.25, -0.2) is 0 Å². The van der Waals surface area contributed by atoms with Gasteiger partial charge in [0.2, 0.25) is 0 Å². The molecule has 2 aliphatic rings. The zero-order valence-corrected chi connectivity index (χ0v) is 11.8. The maximum atomic E-state index is 6.36. The molecular formula is C16H24N2O. The van der Waals surface area contributed by atoms with Crippen molar-refractivity contribution in [2.75, 3.05) is 24.2 Å². The van der Waals surface area contributed by atoms with E-state index >= 15 is 0 Å². The van der Waals surface area contributed by atoms with Crippen molar-refractivity contribution in [3.63, 3.8) is 0 Å². The quantitative estimate of drug-likeness (QED) is 0.848. The molecule has 1 saturated carbocycles. The van der Waals surface area contributed by atoms with E-state index in [4.69, 9.17) is 10.5 Å². The van der Waals surface area contributed by atoms with Crippen LogP contribution in [0.1, 0.15) is 38.5 Å². The van der Waals surface area contributed by atoms with E-state index in [1.54, 1.807) is 0 Å². The number of nitrogen functional groups attached to an aromatic ring is 1. The van der Waals surface area contributed by atoms with E-state index in [1.165, 1.54) is 38.5 Å². The minimum absolute atomic E-state index is 0.230. The molecule has 1 aliphatic carbocycles. The molecule has 2 N–H and O–H groups in total. The van der Waals surface area contributed by atoms with Crippen molar-refractivity contribution in [3.05, 3.63) is 24.3 Å². The first kappa shape index (κ1) is 12.8. The van der Waals surface area contributed by atoms with Crippen LogP contribution >= 0.6 is 0 Å². The molecule has 3 heteroatoms. The summed E-state index contributed by atoms with van der Waals surface area (Å²) >= 11 is 0. The summed E-state index contributed by atoms with van der Waals surface area (Å²) in [5.74, 6) is 0. The highest BCUT2D eigenvalue weighted by atomic mass is 16.5. The average Bonchev–Trinajstić information content (AvgIpc) is 3.01. The highest BCUT2D eigenvalue weighted by Crippen LogP contribution is 2.43. The van der Waals surface area contributed by atoms with Crippen molar-refractivity contribution in [3.8, 4) is 0 Å². The van der Waals surface area contributed by atoms with E-state index in [2.05, 4.69) is 18.0 Å². The lowest BCUT2D eigenvalue weighted by Gasteiger charge is -2.27. The molecule has 1 spiro atoms. The van der Waals surface area contributed by atoms with E-state index in [1.807, 2.05) is 18.2 Å². The van der Waals surface area contributed by atoms with Gasteiger partial charge in [0.1, 0.15) is 0 Å². The Bertz CT molecular complexity index is 440.